The second-order valence-corrected chi connectivity index (χ2v) is 8.44. The van der Waals surface area contributed by atoms with Gasteiger partial charge in [0.25, 0.3) is 5.91 Å². The van der Waals surface area contributed by atoms with E-state index in [9.17, 15) is 24.6 Å². The van der Waals surface area contributed by atoms with E-state index in [0.717, 1.165) is 11.1 Å². The first kappa shape index (κ1) is 27.9. The molecule has 0 aliphatic carbocycles. The fraction of sp³-hybridized carbons (Fsp3) is 0.250. The Hall–Kier alpha value is -4.73. The highest BCUT2D eigenvalue weighted by atomic mass is 16.5. The predicted molar refractivity (Wildman–Crippen MR) is 139 cm³/mol. The zero-order chi connectivity index (χ0) is 27.8. The lowest BCUT2D eigenvalue weighted by Gasteiger charge is -2.30. The highest BCUT2D eigenvalue weighted by Gasteiger charge is 2.30. The van der Waals surface area contributed by atoms with Gasteiger partial charge in [-0.05, 0) is 59.5 Å². The van der Waals surface area contributed by atoms with Gasteiger partial charge in [-0.1, -0.05) is 24.3 Å². The van der Waals surface area contributed by atoms with Gasteiger partial charge >= 0.3 is 5.97 Å². The van der Waals surface area contributed by atoms with Crippen molar-refractivity contribution < 1.29 is 38.8 Å². The van der Waals surface area contributed by atoms with E-state index < -0.39 is 23.8 Å². The first-order valence-electron chi connectivity index (χ1n) is 11.7. The van der Waals surface area contributed by atoms with Crippen molar-refractivity contribution >= 4 is 17.8 Å². The number of phenolic OH excluding ortho intramolecular Hbond substituents is 1. The van der Waals surface area contributed by atoms with Crippen LogP contribution in [0, 0.1) is 0 Å². The summed E-state index contributed by atoms with van der Waals surface area (Å²) in [5.74, 6) is -1.29. The van der Waals surface area contributed by atoms with Gasteiger partial charge in [0.2, 0.25) is 11.7 Å². The minimum atomic E-state index is -1.19. The summed E-state index contributed by atoms with van der Waals surface area (Å²) in [4.78, 5) is 38.7. The molecule has 3 rings (SSSR count). The molecule has 0 saturated carbocycles. The van der Waals surface area contributed by atoms with Crippen molar-refractivity contribution in [2.75, 3.05) is 21.3 Å². The monoisotopic (exact) mass is 522 g/mol. The second kappa shape index (κ2) is 12.5. The van der Waals surface area contributed by atoms with E-state index in [2.05, 4.69) is 0 Å². The number of carbonyl (C=O) groups excluding carboxylic acids is 2. The fourth-order valence-corrected chi connectivity index (χ4v) is 4.12. The Labute approximate surface area is 220 Å². The van der Waals surface area contributed by atoms with Gasteiger partial charge in [-0.3, -0.25) is 14.4 Å². The predicted octanol–water partition coefficient (Wildman–Crippen LogP) is 3.45. The van der Waals surface area contributed by atoms with E-state index in [0.29, 0.717) is 22.8 Å². The number of primary amides is 1. The number of aliphatic carboxylic acids is 1. The average Bonchev–Trinajstić information content (AvgIpc) is 2.91. The lowest BCUT2D eigenvalue weighted by atomic mass is 10.0. The summed E-state index contributed by atoms with van der Waals surface area (Å²) in [6, 6.07) is 15.4. The maximum atomic E-state index is 13.7. The molecule has 0 unspecified atom stereocenters. The first-order chi connectivity index (χ1) is 18.2. The zero-order valence-corrected chi connectivity index (χ0v) is 21.3. The van der Waals surface area contributed by atoms with Crippen LogP contribution < -0.4 is 19.9 Å². The SMILES string of the molecule is COc1cc(CN(C(=O)c2ccc(-c3cccc(O)c3)cc2)[C@@H](CCC(=O)O)C(N)=O)cc(OC)c1OC. The minimum Gasteiger partial charge on any atom is -0.508 e. The quantitative estimate of drug-likeness (QED) is 0.328. The summed E-state index contributed by atoms with van der Waals surface area (Å²) < 4.78 is 16.2. The van der Waals surface area contributed by atoms with Gasteiger partial charge < -0.3 is 35.1 Å². The molecule has 1 atom stereocenters. The summed E-state index contributed by atoms with van der Waals surface area (Å²) >= 11 is 0. The van der Waals surface area contributed by atoms with Crippen LogP contribution in [0.2, 0.25) is 0 Å². The molecule has 10 heteroatoms. The van der Waals surface area contributed by atoms with Gasteiger partial charge in [0, 0.05) is 18.5 Å². The number of benzene rings is 3. The minimum absolute atomic E-state index is 0.0862. The lowest BCUT2D eigenvalue weighted by molar-refractivity contribution is -0.137. The highest BCUT2D eigenvalue weighted by molar-refractivity contribution is 5.98. The Morgan fingerprint density at radius 3 is 2.03 bits per heavy atom. The van der Waals surface area contributed by atoms with Crippen LogP contribution in [-0.4, -0.2) is 60.3 Å². The summed E-state index contributed by atoms with van der Waals surface area (Å²) in [6.45, 7) is -0.0862. The van der Waals surface area contributed by atoms with E-state index in [1.54, 1.807) is 54.6 Å². The normalized spacial score (nSPS) is 11.3. The molecule has 3 aromatic carbocycles. The third kappa shape index (κ3) is 6.52. The Kier molecular flexibility index (Phi) is 9.15. The number of carbonyl (C=O) groups is 3. The molecule has 4 N–H and O–H groups in total. The van der Waals surface area contributed by atoms with E-state index in [-0.39, 0.29) is 30.7 Å². The number of hydrogen-bond donors (Lipinski definition) is 3. The number of amides is 2. The number of hydrogen-bond acceptors (Lipinski definition) is 7. The van der Waals surface area contributed by atoms with Crippen molar-refractivity contribution in [3.63, 3.8) is 0 Å². The van der Waals surface area contributed by atoms with Crippen LogP contribution in [0.25, 0.3) is 11.1 Å². The molecule has 0 saturated heterocycles. The van der Waals surface area contributed by atoms with Crippen LogP contribution in [0.3, 0.4) is 0 Å². The zero-order valence-electron chi connectivity index (χ0n) is 21.3. The van der Waals surface area contributed by atoms with E-state index in [1.807, 2.05) is 6.07 Å². The molecule has 0 spiro atoms. The number of carboxylic acids is 1. The number of rotatable bonds is 12. The van der Waals surface area contributed by atoms with Gasteiger partial charge in [-0.2, -0.15) is 0 Å². The van der Waals surface area contributed by atoms with E-state index in [4.69, 9.17) is 19.9 Å². The molecule has 3 aromatic rings. The molecule has 2 amide bonds. The Balaban J connectivity index is 2.02. The highest BCUT2D eigenvalue weighted by Crippen LogP contribution is 2.38. The smallest absolute Gasteiger partial charge is 0.303 e. The molecular formula is C28H30N2O8. The Morgan fingerprint density at radius 2 is 1.53 bits per heavy atom. The molecule has 0 heterocycles. The van der Waals surface area contributed by atoms with E-state index >= 15 is 0 Å². The number of carboxylic acid groups (broad SMARTS) is 1. The number of aromatic hydroxyl groups is 1. The number of nitrogens with zero attached hydrogens (tertiary/aromatic N) is 1. The number of nitrogens with two attached hydrogens (primary N) is 1. The van der Waals surface area contributed by atoms with Gasteiger partial charge in [-0.25, -0.2) is 0 Å². The van der Waals surface area contributed by atoms with Gasteiger partial charge in [0.1, 0.15) is 11.8 Å². The molecule has 0 aliphatic rings. The van der Waals surface area contributed by atoms with Crippen molar-refractivity contribution in [2.24, 2.45) is 5.73 Å². The van der Waals surface area contributed by atoms with Crippen molar-refractivity contribution in [3.05, 3.63) is 71.8 Å². The lowest BCUT2D eigenvalue weighted by Crippen LogP contribution is -2.47. The summed E-state index contributed by atoms with van der Waals surface area (Å²) in [6.07, 6.45) is -0.523. The van der Waals surface area contributed by atoms with Crippen LogP contribution in [-0.2, 0) is 16.1 Å². The maximum absolute atomic E-state index is 13.7. The Bertz CT molecular complexity index is 1280. The van der Waals surface area contributed by atoms with Crippen molar-refractivity contribution in [1.29, 1.82) is 0 Å². The Morgan fingerprint density at radius 1 is 0.895 bits per heavy atom. The largest absolute Gasteiger partial charge is 0.508 e. The number of phenols is 1. The van der Waals surface area contributed by atoms with Crippen LogP contribution in [0.4, 0.5) is 0 Å². The van der Waals surface area contributed by atoms with E-state index in [1.165, 1.54) is 26.2 Å². The van der Waals surface area contributed by atoms with Gasteiger partial charge in [-0.15, -0.1) is 0 Å². The molecule has 10 nitrogen and oxygen atoms in total. The fourth-order valence-electron chi connectivity index (χ4n) is 4.12. The molecule has 0 radical (unpaired) electrons. The maximum Gasteiger partial charge on any atom is 0.303 e. The molecule has 200 valence electrons. The molecular weight excluding hydrogens is 492 g/mol. The van der Waals surface area contributed by atoms with Crippen molar-refractivity contribution in [2.45, 2.75) is 25.4 Å². The number of methoxy groups -OCH3 is 3. The van der Waals surface area contributed by atoms with Gasteiger partial charge in [0.15, 0.2) is 11.5 Å². The summed E-state index contributed by atoms with van der Waals surface area (Å²) in [5, 5.41) is 19.0. The van der Waals surface area contributed by atoms with Crippen molar-refractivity contribution in [3.8, 4) is 34.1 Å². The van der Waals surface area contributed by atoms with Crippen LogP contribution in [0.5, 0.6) is 23.0 Å². The van der Waals surface area contributed by atoms with Crippen LogP contribution >= 0.6 is 0 Å². The van der Waals surface area contributed by atoms with Gasteiger partial charge in [0.05, 0.1) is 21.3 Å². The van der Waals surface area contributed by atoms with Crippen molar-refractivity contribution in [1.82, 2.24) is 4.90 Å². The average molecular weight is 523 g/mol. The molecule has 0 fully saturated rings. The third-order valence-corrected chi connectivity index (χ3v) is 5.99. The topological polar surface area (TPSA) is 149 Å². The third-order valence-electron chi connectivity index (χ3n) is 5.99. The molecule has 0 bridgehead atoms. The summed E-state index contributed by atoms with van der Waals surface area (Å²) in [5.41, 5.74) is 7.99. The second-order valence-electron chi connectivity index (χ2n) is 8.44. The standard InChI is InChI=1S/C28H30N2O8/c1-36-23-13-17(14-24(37-2)26(23)38-3)16-30(22(27(29)34)11-12-25(32)33)28(35)19-9-7-18(8-10-19)20-5-4-6-21(31)15-20/h4-10,13-15,22,31H,11-12,16H2,1-3H3,(H2,29,34)(H,32,33)/t22-/m0/s1. The summed E-state index contributed by atoms with van der Waals surface area (Å²) in [7, 11) is 4.37. The molecule has 38 heavy (non-hydrogen) atoms. The molecule has 0 aliphatic heterocycles. The van der Waals surface area contributed by atoms with Crippen LogP contribution in [0.1, 0.15) is 28.8 Å². The molecule has 0 aromatic heterocycles. The first-order valence-corrected chi connectivity index (χ1v) is 11.7. The van der Waals surface area contributed by atoms with Crippen LogP contribution in [0.15, 0.2) is 60.7 Å². The number of ether oxygens (including phenoxy) is 3.